The highest BCUT2D eigenvalue weighted by Crippen LogP contribution is 2.15. The molecular formula is C12H11NO5. The van der Waals surface area contributed by atoms with E-state index in [1.165, 1.54) is 12.1 Å². The fourth-order valence-corrected chi connectivity index (χ4v) is 1.63. The van der Waals surface area contributed by atoms with E-state index >= 15 is 0 Å². The first kappa shape index (κ1) is 12.1. The van der Waals surface area contributed by atoms with Crippen LogP contribution in [0.15, 0.2) is 24.3 Å². The molecule has 6 nitrogen and oxygen atoms in total. The van der Waals surface area contributed by atoms with Crippen molar-refractivity contribution in [1.82, 2.24) is 5.06 Å². The van der Waals surface area contributed by atoms with E-state index in [1.54, 1.807) is 12.1 Å². The lowest BCUT2D eigenvalue weighted by Crippen LogP contribution is -2.32. The molecule has 94 valence electrons. The van der Waals surface area contributed by atoms with Gasteiger partial charge in [0.2, 0.25) is 0 Å². The highest BCUT2D eigenvalue weighted by Gasteiger charge is 2.32. The van der Waals surface area contributed by atoms with E-state index in [-0.39, 0.29) is 25.0 Å². The van der Waals surface area contributed by atoms with Gasteiger partial charge in [-0.05, 0) is 17.7 Å². The molecule has 0 aliphatic carbocycles. The Kier molecular flexibility index (Phi) is 3.27. The number of carbonyl (C=O) groups is 3. The third-order valence-corrected chi connectivity index (χ3v) is 2.46. The van der Waals surface area contributed by atoms with Crippen molar-refractivity contribution in [3.05, 3.63) is 29.8 Å². The van der Waals surface area contributed by atoms with Gasteiger partial charge in [-0.3, -0.25) is 9.59 Å². The summed E-state index contributed by atoms with van der Waals surface area (Å²) in [6.45, 7) is 0. The SMILES string of the molecule is O=C(Cc1cccc(O)c1)ON1C(=O)CCC1=O. The Balaban J connectivity index is 1.97. The number of phenolic OH excluding ortho intramolecular Hbond substituents is 1. The van der Waals surface area contributed by atoms with Crippen LogP contribution in [-0.2, 0) is 25.6 Å². The molecule has 6 heteroatoms. The fourth-order valence-electron chi connectivity index (χ4n) is 1.63. The molecule has 1 aromatic carbocycles. The number of amides is 2. The average Bonchev–Trinajstić information content (AvgIpc) is 2.61. The fraction of sp³-hybridized carbons (Fsp3) is 0.250. The standard InChI is InChI=1S/C12H11NO5/c14-9-3-1-2-8(6-9)7-12(17)18-13-10(15)4-5-11(13)16/h1-3,6,14H,4-5,7H2. The molecule has 0 unspecified atom stereocenters. The number of hydroxylamine groups is 2. The van der Waals surface area contributed by atoms with Gasteiger partial charge in [-0.1, -0.05) is 12.1 Å². The van der Waals surface area contributed by atoms with Gasteiger partial charge in [0.15, 0.2) is 0 Å². The van der Waals surface area contributed by atoms with E-state index in [0.29, 0.717) is 10.6 Å². The maximum atomic E-state index is 11.5. The predicted octanol–water partition coefficient (Wildman–Crippen LogP) is 0.542. The summed E-state index contributed by atoms with van der Waals surface area (Å²) in [6.07, 6.45) is 0.0158. The summed E-state index contributed by atoms with van der Waals surface area (Å²) in [6, 6.07) is 6.11. The number of carbonyl (C=O) groups excluding carboxylic acids is 3. The normalized spacial score (nSPS) is 15.0. The second-order valence-electron chi connectivity index (χ2n) is 3.89. The molecule has 1 aliphatic rings. The van der Waals surface area contributed by atoms with Crippen LogP contribution in [0.1, 0.15) is 18.4 Å². The molecule has 1 N–H and O–H groups in total. The van der Waals surface area contributed by atoms with E-state index in [1.807, 2.05) is 0 Å². The molecule has 18 heavy (non-hydrogen) atoms. The summed E-state index contributed by atoms with van der Waals surface area (Å²) in [5.74, 6) is -1.70. The van der Waals surface area contributed by atoms with Crippen LogP contribution in [-0.4, -0.2) is 28.0 Å². The zero-order valence-corrected chi connectivity index (χ0v) is 9.46. The number of nitrogens with zero attached hydrogens (tertiary/aromatic N) is 1. The molecule has 0 saturated carbocycles. The first-order valence-corrected chi connectivity index (χ1v) is 5.41. The lowest BCUT2D eigenvalue weighted by molar-refractivity contribution is -0.197. The van der Waals surface area contributed by atoms with Crippen molar-refractivity contribution in [2.45, 2.75) is 19.3 Å². The van der Waals surface area contributed by atoms with Gasteiger partial charge in [-0.2, -0.15) is 0 Å². The lowest BCUT2D eigenvalue weighted by atomic mass is 10.1. The summed E-state index contributed by atoms with van der Waals surface area (Å²) in [5.41, 5.74) is 0.541. The number of hydrogen-bond donors (Lipinski definition) is 1. The molecule has 0 bridgehead atoms. The number of phenols is 1. The summed E-state index contributed by atoms with van der Waals surface area (Å²) < 4.78 is 0. The molecule has 2 rings (SSSR count). The second-order valence-corrected chi connectivity index (χ2v) is 3.89. The first-order valence-electron chi connectivity index (χ1n) is 5.41. The Bertz CT molecular complexity index is 495. The maximum Gasteiger partial charge on any atom is 0.337 e. The topological polar surface area (TPSA) is 83.9 Å². The lowest BCUT2D eigenvalue weighted by Gasteiger charge is -2.12. The first-order chi connectivity index (χ1) is 8.56. The number of imide groups is 1. The van der Waals surface area contributed by atoms with Gasteiger partial charge in [-0.15, -0.1) is 5.06 Å². The maximum absolute atomic E-state index is 11.5. The highest BCUT2D eigenvalue weighted by atomic mass is 16.7. The van der Waals surface area contributed by atoms with E-state index in [2.05, 4.69) is 0 Å². The minimum Gasteiger partial charge on any atom is -0.508 e. The molecule has 0 radical (unpaired) electrons. The summed E-state index contributed by atoms with van der Waals surface area (Å²) in [7, 11) is 0. The Labute approximate surface area is 103 Å². The highest BCUT2D eigenvalue weighted by molar-refractivity contribution is 6.01. The van der Waals surface area contributed by atoms with Crippen LogP contribution in [0.25, 0.3) is 0 Å². The van der Waals surface area contributed by atoms with Crippen LogP contribution in [0.3, 0.4) is 0 Å². The van der Waals surface area contributed by atoms with Crippen molar-refractivity contribution >= 4 is 17.8 Å². The molecule has 1 fully saturated rings. The largest absolute Gasteiger partial charge is 0.508 e. The summed E-state index contributed by atoms with van der Waals surface area (Å²) >= 11 is 0. The molecule has 1 aliphatic heterocycles. The molecule has 2 amide bonds. The Morgan fingerprint density at radius 3 is 2.56 bits per heavy atom. The number of aromatic hydroxyl groups is 1. The smallest absolute Gasteiger partial charge is 0.337 e. The summed E-state index contributed by atoms with van der Waals surface area (Å²) in [4.78, 5) is 38.6. The molecule has 0 atom stereocenters. The van der Waals surface area contributed by atoms with Gasteiger partial charge in [0, 0.05) is 12.8 Å². The molecule has 1 heterocycles. The third-order valence-electron chi connectivity index (χ3n) is 2.46. The van der Waals surface area contributed by atoms with Gasteiger partial charge in [0.1, 0.15) is 5.75 Å². The molecule has 0 spiro atoms. The van der Waals surface area contributed by atoms with E-state index in [0.717, 1.165) is 0 Å². The Morgan fingerprint density at radius 1 is 1.28 bits per heavy atom. The van der Waals surface area contributed by atoms with Gasteiger partial charge in [0.05, 0.1) is 6.42 Å². The second kappa shape index (κ2) is 4.87. The van der Waals surface area contributed by atoms with Gasteiger partial charge >= 0.3 is 5.97 Å². The zero-order valence-electron chi connectivity index (χ0n) is 9.46. The number of hydrogen-bond acceptors (Lipinski definition) is 5. The quantitative estimate of drug-likeness (QED) is 0.790. The third kappa shape index (κ3) is 2.65. The minimum absolute atomic E-state index is 0.0358. The predicted molar refractivity (Wildman–Crippen MR) is 59.0 cm³/mol. The van der Waals surface area contributed by atoms with Crippen molar-refractivity contribution in [1.29, 1.82) is 0 Å². The molecule has 1 aromatic rings. The van der Waals surface area contributed by atoms with Gasteiger partial charge in [0.25, 0.3) is 11.8 Å². The van der Waals surface area contributed by atoms with Crippen LogP contribution in [0.4, 0.5) is 0 Å². The van der Waals surface area contributed by atoms with Crippen molar-refractivity contribution < 1.29 is 24.3 Å². The zero-order chi connectivity index (χ0) is 13.1. The molecular weight excluding hydrogens is 238 g/mol. The minimum atomic E-state index is -0.718. The van der Waals surface area contributed by atoms with Gasteiger partial charge < -0.3 is 9.94 Å². The average molecular weight is 249 g/mol. The van der Waals surface area contributed by atoms with Crippen LogP contribution in [0, 0.1) is 0 Å². The van der Waals surface area contributed by atoms with Crippen LogP contribution >= 0.6 is 0 Å². The number of benzene rings is 1. The van der Waals surface area contributed by atoms with E-state index < -0.39 is 17.8 Å². The Hall–Kier alpha value is -2.37. The molecule has 0 aromatic heterocycles. The van der Waals surface area contributed by atoms with Crippen LogP contribution in [0.5, 0.6) is 5.75 Å². The van der Waals surface area contributed by atoms with Gasteiger partial charge in [-0.25, -0.2) is 4.79 Å². The van der Waals surface area contributed by atoms with E-state index in [4.69, 9.17) is 4.84 Å². The monoisotopic (exact) mass is 249 g/mol. The van der Waals surface area contributed by atoms with Crippen LogP contribution in [0.2, 0.25) is 0 Å². The summed E-state index contributed by atoms with van der Waals surface area (Å²) in [5, 5.41) is 9.73. The number of rotatable bonds is 3. The van der Waals surface area contributed by atoms with Crippen molar-refractivity contribution in [2.24, 2.45) is 0 Å². The van der Waals surface area contributed by atoms with Crippen molar-refractivity contribution in [2.75, 3.05) is 0 Å². The van der Waals surface area contributed by atoms with Crippen molar-refractivity contribution in [3.63, 3.8) is 0 Å². The molecule has 1 saturated heterocycles. The van der Waals surface area contributed by atoms with Crippen molar-refractivity contribution in [3.8, 4) is 5.75 Å². The van der Waals surface area contributed by atoms with Crippen LogP contribution < -0.4 is 0 Å². The Morgan fingerprint density at radius 2 is 1.94 bits per heavy atom. The van der Waals surface area contributed by atoms with E-state index in [9.17, 15) is 19.5 Å².